The van der Waals surface area contributed by atoms with Gasteiger partial charge in [0.2, 0.25) is 15.2 Å². The van der Waals surface area contributed by atoms with Crippen LogP contribution in [0, 0.1) is 6.92 Å². The van der Waals surface area contributed by atoms with Gasteiger partial charge in [-0.05, 0) is 26.0 Å². The van der Waals surface area contributed by atoms with Gasteiger partial charge < -0.3 is 4.74 Å². The van der Waals surface area contributed by atoms with E-state index in [1.165, 1.54) is 11.3 Å². The number of aromatic nitrogens is 2. The highest BCUT2D eigenvalue weighted by Crippen LogP contribution is 2.16. The number of anilines is 1. The average Bonchev–Trinajstić information content (AvgIpc) is 3.00. The monoisotopic (exact) mass is 384 g/mol. The van der Waals surface area contributed by atoms with Gasteiger partial charge in [0.1, 0.15) is 11.6 Å². The number of hydrogen-bond acceptors (Lipinski definition) is 7. The van der Waals surface area contributed by atoms with Crippen LogP contribution in [0.15, 0.2) is 29.2 Å². The maximum absolute atomic E-state index is 12.2. The van der Waals surface area contributed by atoms with Crippen molar-refractivity contribution < 1.29 is 17.9 Å². The molecule has 0 radical (unpaired) electrons. The molecule has 1 amide bonds. The summed E-state index contributed by atoms with van der Waals surface area (Å²) in [6.07, 6.45) is 0.379. The number of benzene rings is 1. The molecule has 1 heterocycles. The van der Waals surface area contributed by atoms with Crippen molar-refractivity contribution in [2.24, 2.45) is 0 Å². The molecule has 2 rings (SSSR count). The molecule has 2 aromatic rings. The highest BCUT2D eigenvalue weighted by Gasteiger charge is 2.14. The lowest BCUT2D eigenvalue weighted by atomic mass is 10.2. The summed E-state index contributed by atoms with van der Waals surface area (Å²) < 4.78 is 31.9. The second kappa shape index (κ2) is 8.99. The third-order valence-electron chi connectivity index (χ3n) is 3.11. The molecule has 0 aliphatic heterocycles. The van der Waals surface area contributed by atoms with Gasteiger partial charge in [0, 0.05) is 19.6 Å². The highest BCUT2D eigenvalue weighted by molar-refractivity contribution is 7.89. The fourth-order valence-corrected chi connectivity index (χ4v) is 3.64. The lowest BCUT2D eigenvalue weighted by Crippen LogP contribution is -2.25. The molecule has 8 nitrogen and oxygen atoms in total. The van der Waals surface area contributed by atoms with E-state index in [9.17, 15) is 13.2 Å². The van der Waals surface area contributed by atoms with Gasteiger partial charge in [0.15, 0.2) is 0 Å². The van der Waals surface area contributed by atoms with Crippen molar-refractivity contribution in [1.82, 2.24) is 14.9 Å². The molecular weight excluding hydrogens is 364 g/mol. The Kier molecular flexibility index (Phi) is 7.00. The largest absolute Gasteiger partial charge is 0.372 e. The molecule has 0 saturated carbocycles. The quantitative estimate of drug-likeness (QED) is 0.675. The van der Waals surface area contributed by atoms with Gasteiger partial charge in [-0.2, -0.15) is 0 Å². The van der Waals surface area contributed by atoms with Crippen molar-refractivity contribution in [2.75, 3.05) is 25.1 Å². The van der Waals surface area contributed by atoms with E-state index in [2.05, 4.69) is 20.2 Å². The Morgan fingerprint density at radius 2 is 1.96 bits per heavy atom. The zero-order valence-corrected chi connectivity index (χ0v) is 15.6. The van der Waals surface area contributed by atoms with Crippen molar-refractivity contribution in [3.05, 3.63) is 34.8 Å². The summed E-state index contributed by atoms with van der Waals surface area (Å²) in [5.41, 5.74) is 0.992. The predicted molar refractivity (Wildman–Crippen MR) is 95.1 cm³/mol. The van der Waals surface area contributed by atoms with E-state index in [0.29, 0.717) is 23.2 Å². The Balaban J connectivity index is 1.83. The van der Waals surface area contributed by atoms with Crippen LogP contribution in [0.2, 0.25) is 0 Å². The molecule has 10 heteroatoms. The van der Waals surface area contributed by atoms with Gasteiger partial charge in [-0.25, -0.2) is 13.1 Å². The number of aryl methyl sites for hydroxylation is 1. The Morgan fingerprint density at radius 1 is 1.24 bits per heavy atom. The fourth-order valence-electron chi connectivity index (χ4n) is 1.85. The van der Waals surface area contributed by atoms with Crippen LogP contribution in [0.3, 0.4) is 0 Å². The molecule has 0 atom stereocenters. The number of carbonyl (C=O) groups excluding carboxylic acids is 1. The van der Waals surface area contributed by atoms with E-state index in [4.69, 9.17) is 4.74 Å². The lowest BCUT2D eigenvalue weighted by molar-refractivity contribution is -0.120. The summed E-state index contributed by atoms with van der Waals surface area (Å²) in [4.78, 5) is 11.7. The first-order chi connectivity index (χ1) is 11.9. The van der Waals surface area contributed by atoms with Crippen molar-refractivity contribution in [3.8, 4) is 0 Å². The van der Waals surface area contributed by atoms with Crippen LogP contribution in [-0.4, -0.2) is 44.3 Å². The molecule has 0 saturated heterocycles. The summed E-state index contributed by atoms with van der Waals surface area (Å²) in [5, 5.41) is 11.3. The van der Waals surface area contributed by atoms with E-state index in [1.807, 2.05) is 6.92 Å². The van der Waals surface area contributed by atoms with Crippen LogP contribution < -0.4 is 10.0 Å². The molecule has 2 N–H and O–H groups in total. The Labute approximate surface area is 150 Å². The number of hydrogen-bond donors (Lipinski definition) is 2. The molecular formula is C15H20N4O4S2. The first-order valence-electron chi connectivity index (χ1n) is 7.67. The van der Waals surface area contributed by atoms with Gasteiger partial charge in [0.25, 0.3) is 5.91 Å². The topological polar surface area (TPSA) is 110 Å². The van der Waals surface area contributed by atoms with E-state index >= 15 is 0 Å². The van der Waals surface area contributed by atoms with Gasteiger partial charge >= 0.3 is 0 Å². The number of amides is 1. The number of sulfonamides is 1. The first kappa shape index (κ1) is 19.4. The van der Waals surface area contributed by atoms with E-state index in [0.717, 1.165) is 5.56 Å². The summed E-state index contributed by atoms with van der Waals surface area (Å²) in [5.74, 6) is -0.301. The number of rotatable bonds is 9. The third kappa shape index (κ3) is 6.16. The van der Waals surface area contributed by atoms with Gasteiger partial charge in [-0.15, -0.1) is 10.2 Å². The maximum Gasteiger partial charge on any atom is 0.252 e. The Hall–Kier alpha value is -1.88. The van der Waals surface area contributed by atoms with E-state index < -0.39 is 10.0 Å². The summed E-state index contributed by atoms with van der Waals surface area (Å²) in [6, 6.07) is 6.62. The second-order valence-electron chi connectivity index (χ2n) is 5.15. The number of nitrogens with zero attached hydrogens (tertiary/aromatic N) is 2. The number of ether oxygens (including phenoxy) is 1. The molecule has 0 unspecified atom stereocenters. The molecule has 1 aromatic heterocycles. The van der Waals surface area contributed by atoms with Crippen LogP contribution in [0.4, 0.5) is 5.13 Å². The normalized spacial score (nSPS) is 11.4. The van der Waals surface area contributed by atoms with Crippen LogP contribution in [-0.2, 0) is 26.0 Å². The zero-order valence-electron chi connectivity index (χ0n) is 14.0. The standard InChI is InChI=1S/C15H20N4O4S2/c1-3-23-10-13(20)17-15-19-18-14(24-15)8-9-16-25(21,22)12-6-4-11(2)5-7-12/h4-7,16H,3,8-10H2,1-2H3,(H,17,19,20). The predicted octanol–water partition coefficient (Wildman–Crippen LogP) is 1.34. The second-order valence-corrected chi connectivity index (χ2v) is 7.98. The van der Waals surface area contributed by atoms with Crippen molar-refractivity contribution in [3.63, 3.8) is 0 Å². The van der Waals surface area contributed by atoms with Gasteiger partial charge in [-0.3, -0.25) is 10.1 Å². The molecule has 136 valence electrons. The molecule has 0 aliphatic carbocycles. The van der Waals surface area contributed by atoms with Crippen molar-refractivity contribution in [1.29, 1.82) is 0 Å². The molecule has 0 aliphatic rings. The molecule has 0 fully saturated rings. The Bertz CT molecular complexity index is 803. The SMILES string of the molecule is CCOCC(=O)Nc1nnc(CCNS(=O)(=O)c2ccc(C)cc2)s1. The number of carbonyl (C=O) groups is 1. The van der Waals surface area contributed by atoms with Crippen LogP contribution in [0.1, 0.15) is 17.5 Å². The first-order valence-corrected chi connectivity index (χ1v) is 9.97. The van der Waals surface area contributed by atoms with Crippen molar-refractivity contribution >= 4 is 32.4 Å². The van der Waals surface area contributed by atoms with Crippen LogP contribution in [0.25, 0.3) is 0 Å². The summed E-state index contributed by atoms with van der Waals surface area (Å²) in [7, 11) is -3.55. The molecule has 1 aromatic carbocycles. The minimum Gasteiger partial charge on any atom is -0.372 e. The third-order valence-corrected chi connectivity index (χ3v) is 5.49. The van der Waals surface area contributed by atoms with Crippen LogP contribution >= 0.6 is 11.3 Å². The minimum atomic E-state index is -3.55. The van der Waals surface area contributed by atoms with E-state index in [-0.39, 0.29) is 24.0 Å². The molecule has 0 spiro atoms. The average molecular weight is 384 g/mol. The minimum absolute atomic E-state index is 0.0399. The summed E-state index contributed by atoms with van der Waals surface area (Å²) >= 11 is 1.20. The smallest absolute Gasteiger partial charge is 0.252 e. The van der Waals surface area contributed by atoms with Crippen LogP contribution in [0.5, 0.6) is 0 Å². The van der Waals surface area contributed by atoms with Gasteiger partial charge in [-0.1, -0.05) is 29.0 Å². The molecule has 0 bridgehead atoms. The number of nitrogens with one attached hydrogen (secondary N) is 2. The lowest BCUT2D eigenvalue weighted by Gasteiger charge is -2.05. The van der Waals surface area contributed by atoms with Crippen molar-refractivity contribution in [2.45, 2.75) is 25.2 Å². The maximum atomic E-state index is 12.2. The van der Waals surface area contributed by atoms with E-state index in [1.54, 1.807) is 31.2 Å². The zero-order chi connectivity index (χ0) is 18.3. The fraction of sp³-hybridized carbons (Fsp3) is 0.400. The highest BCUT2D eigenvalue weighted by atomic mass is 32.2. The molecule has 25 heavy (non-hydrogen) atoms. The summed E-state index contributed by atoms with van der Waals surface area (Å²) in [6.45, 7) is 4.30. The van der Waals surface area contributed by atoms with Gasteiger partial charge in [0.05, 0.1) is 4.90 Å². The Morgan fingerprint density at radius 3 is 2.64 bits per heavy atom.